The molecule has 25 heavy (non-hydrogen) atoms. The van der Waals surface area contributed by atoms with E-state index in [1.807, 2.05) is 0 Å². The van der Waals surface area contributed by atoms with E-state index >= 15 is 0 Å². The van der Waals surface area contributed by atoms with Gasteiger partial charge in [0.2, 0.25) is 10.0 Å². The van der Waals surface area contributed by atoms with Crippen molar-refractivity contribution in [2.75, 3.05) is 7.05 Å². The van der Waals surface area contributed by atoms with Gasteiger partial charge in [0.1, 0.15) is 6.61 Å². The molecule has 0 bridgehead atoms. The zero-order valence-electron chi connectivity index (χ0n) is 14.3. The minimum absolute atomic E-state index is 0.0564. The van der Waals surface area contributed by atoms with Crippen LogP contribution >= 0.6 is 11.6 Å². The van der Waals surface area contributed by atoms with Crippen LogP contribution in [0.5, 0.6) is 0 Å². The van der Waals surface area contributed by atoms with E-state index in [1.54, 1.807) is 38.1 Å². The van der Waals surface area contributed by atoms with Crippen LogP contribution in [0.1, 0.15) is 29.8 Å². The summed E-state index contributed by atoms with van der Waals surface area (Å²) < 4.78 is 31.5. The molecule has 0 aromatic heterocycles. The lowest BCUT2D eigenvalue weighted by atomic mass is 10.2. The number of nitrogens with zero attached hydrogens (tertiary/aromatic N) is 1. The van der Waals surface area contributed by atoms with Gasteiger partial charge < -0.3 is 4.74 Å². The number of carbonyl (C=O) groups is 1. The molecule has 0 spiro atoms. The molecule has 0 N–H and O–H groups in total. The summed E-state index contributed by atoms with van der Waals surface area (Å²) in [5, 5.41) is 0.554. The van der Waals surface area contributed by atoms with Crippen molar-refractivity contribution in [3.8, 4) is 0 Å². The number of halogens is 1. The Morgan fingerprint density at radius 1 is 1.16 bits per heavy atom. The quantitative estimate of drug-likeness (QED) is 0.715. The average molecular weight is 382 g/mol. The van der Waals surface area contributed by atoms with E-state index in [1.165, 1.54) is 35.6 Å². The molecule has 0 unspecified atom stereocenters. The second-order valence-electron chi connectivity index (χ2n) is 5.85. The van der Waals surface area contributed by atoms with Crippen molar-refractivity contribution < 1.29 is 17.9 Å². The van der Waals surface area contributed by atoms with Gasteiger partial charge >= 0.3 is 5.97 Å². The summed E-state index contributed by atoms with van der Waals surface area (Å²) >= 11 is 5.89. The van der Waals surface area contributed by atoms with E-state index in [-0.39, 0.29) is 23.1 Å². The summed E-state index contributed by atoms with van der Waals surface area (Å²) in [6.07, 6.45) is 0. The lowest BCUT2D eigenvalue weighted by Gasteiger charge is -2.21. The van der Waals surface area contributed by atoms with Crippen LogP contribution in [0.4, 0.5) is 0 Å². The van der Waals surface area contributed by atoms with Crippen LogP contribution in [0, 0.1) is 0 Å². The van der Waals surface area contributed by atoms with E-state index < -0.39 is 16.0 Å². The summed E-state index contributed by atoms with van der Waals surface area (Å²) in [7, 11) is -2.15. The first-order valence-electron chi connectivity index (χ1n) is 7.71. The summed E-state index contributed by atoms with van der Waals surface area (Å²) in [6, 6.07) is 12.6. The Balaban J connectivity index is 2.16. The molecule has 5 nitrogen and oxygen atoms in total. The van der Waals surface area contributed by atoms with Gasteiger partial charge in [-0.05, 0) is 49.7 Å². The first kappa shape index (κ1) is 19.4. The molecule has 2 aromatic carbocycles. The van der Waals surface area contributed by atoms with Crippen LogP contribution in [-0.2, 0) is 21.4 Å². The molecule has 2 aromatic rings. The lowest BCUT2D eigenvalue weighted by molar-refractivity contribution is 0.0472. The fourth-order valence-corrected chi connectivity index (χ4v) is 3.71. The van der Waals surface area contributed by atoms with Crippen LogP contribution in [-0.4, -0.2) is 31.8 Å². The Hall–Kier alpha value is -1.89. The smallest absolute Gasteiger partial charge is 0.338 e. The van der Waals surface area contributed by atoms with Crippen LogP contribution in [0.15, 0.2) is 53.4 Å². The Labute approximate surface area is 153 Å². The third-order valence-electron chi connectivity index (χ3n) is 3.73. The molecule has 134 valence electrons. The highest BCUT2D eigenvalue weighted by Crippen LogP contribution is 2.19. The SMILES string of the molecule is CC(C)N(C)S(=O)(=O)c1cccc(C(=O)OCc2cccc(Cl)c2)c1. The molecule has 0 saturated heterocycles. The van der Waals surface area contributed by atoms with Gasteiger partial charge in [0, 0.05) is 18.1 Å². The second-order valence-corrected chi connectivity index (χ2v) is 8.28. The normalized spacial score (nSPS) is 11.8. The highest BCUT2D eigenvalue weighted by atomic mass is 35.5. The number of esters is 1. The maximum atomic E-state index is 12.5. The zero-order chi connectivity index (χ0) is 18.6. The molecule has 0 heterocycles. The van der Waals surface area contributed by atoms with Crippen molar-refractivity contribution in [2.45, 2.75) is 31.4 Å². The number of benzene rings is 2. The summed E-state index contributed by atoms with van der Waals surface area (Å²) in [6.45, 7) is 3.61. The van der Waals surface area contributed by atoms with Gasteiger partial charge in [-0.2, -0.15) is 4.31 Å². The number of hydrogen-bond acceptors (Lipinski definition) is 4. The fourth-order valence-electron chi connectivity index (χ4n) is 2.09. The van der Waals surface area contributed by atoms with E-state index in [0.717, 1.165) is 5.56 Å². The maximum Gasteiger partial charge on any atom is 0.338 e. The summed E-state index contributed by atoms with van der Waals surface area (Å²) in [5.74, 6) is -0.593. The van der Waals surface area contributed by atoms with Crippen LogP contribution in [0.25, 0.3) is 0 Å². The molecule has 0 aliphatic heterocycles. The Morgan fingerprint density at radius 3 is 2.48 bits per heavy atom. The van der Waals surface area contributed by atoms with E-state index in [9.17, 15) is 13.2 Å². The lowest BCUT2D eigenvalue weighted by Crippen LogP contribution is -2.33. The van der Waals surface area contributed by atoms with E-state index in [2.05, 4.69) is 0 Å². The molecule has 0 aliphatic carbocycles. The molecule has 0 amide bonds. The number of sulfonamides is 1. The van der Waals surface area contributed by atoms with Crippen molar-refractivity contribution in [3.05, 3.63) is 64.7 Å². The van der Waals surface area contributed by atoms with Crippen molar-refractivity contribution in [3.63, 3.8) is 0 Å². The second kappa shape index (κ2) is 7.99. The van der Waals surface area contributed by atoms with Crippen molar-refractivity contribution in [2.24, 2.45) is 0 Å². The predicted molar refractivity (Wildman–Crippen MR) is 97.1 cm³/mol. The molecule has 2 rings (SSSR count). The molecule has 7 heteroatoms. The van der Waals surface area contributed by atoms with Gasteiger partial charge in [0.15, 0.2) is 0 Å². The van der Waals surface area contributed by atoms with Gasteiger partial charge in [0.05, 0.1) is 10.5 Å². The molecule has 0 saturated carbocycles. The Morgan fingerprint density at radius 2 is 1.84 bits per heavy atom. The molecular formula is C18H20ClNO4S. The highest BCUT2D eigenvalue weighted by molar-refractivity contribution is 7.89. The van der Waals surface area contributed by atoms with E-state index in [4.69, 9.17) is 16.3 Å². The first-order valence-corrected chi connectivity index (χ1v) is 9.53. The van der Waals surface area contributed by atoms with Crippen LogP contribution < -0.4 is 0 Å². The molecule has 0 atom stereocenters. The topological polar surface area (TPSA) is 63.7 Å². The Kier molecular flexibility index (Phi) is 6.21. The summed E-state index contributed by atoms with van der Waals surface area (Å²) in [5.41, 5.74) is 0.935. The Bertz CT molecular complexity index is 865. The maximum absolute atomic E-state index is 12.5. The van der Waals surface area contributed by atoms with Gasteiger partial charge in [-0.15, -0.1) is 0 Å². The van der Waals surface area contributed by atoms with Crippen molar-refractivity contribution in [1.82, 2.24) is 4.31 Å². The highest BCUT2D eigenvalue weighted by Gasteiger charge is 2.24. The van der Waals surface area contributed by atoms with Crippen LogP contribution in [0.2, 0.25) is 5.02 Å². The van der Waals surface area contributed by atoms with Crippen molar-refractivity contribution in [1.29, 1.82) is 0 Å². The number of ether oxygens (including phenoxy) is 1. The average Bonchev–Trinajstić information content (AvgIpc) is 2.59. The third-order valence-corrected chi connectivity index (χ3v) is 6.00. The minimum atomic E-state index is -3.66. The third kappa shape index (κ3) is 4.81. The predicted octanol–water partition coefficient (Wildman–Crippen LogP) is 3.73. The number of hydrogen-bond donors (Lipinski definition) is 0. The fraction of sp³-hybridized carbons (Fsp3) is 0.278. The zero-order valence-corrected chi connectivity index (χ0v) is 15.8. The molecule has 0 radical (unpaired) electrons. The molecular weight excluding hydrogens is 362 g/mol. The largest absolute Gasteiger partial charge is 0.457 e. The number of rotatable bonds is 6. The monoisotopic (exact) mass is 381 g/mol. The van der Waals surface area contributed by atoms with Gasteiger partial charge in [0.25, 0.3) is 0 Å². The molecule has 0 aliphatic rings. The van der Waals surface area contributed by atoms with Crippen LogP contribution in [0.3, 0.4) is 0 Å². The number of carbonyl (C=O) groups excluding carboxylic acids is 1. The first-order chi connectivity index (χ1) is 11.7. The van der Waals surface area contributed by atoms with Gasteiger partial charge in [-0.1, -0.05) is 29.8 Å². The standard InChI is InChI=1S/C18H20ClNO4S/c1-13(2)20(3)25(22,23)17-9-5-7-15(11-17)18(21)24-12-14-6-4-8-16(19)10-14/h4-11,13H,12H2,1-3H3. The minimum Gasteiger partial charge on any atom is -0.457 e. The van der Waals surface area contributed by atoms with E-state index in [0.29, 0.717) is 5.02 Å². The van der Waals surface area contributed by atoms with Crippen molar-refractivity contribution >= 4 is 27.6 Å². The molecule has 0 fully saturated rings. The van der Waals surface area contributed by atoms with Gasteiger partial charge in [-0.3, -0.25) is 0 Å². The van der Waals surface area contributed by atoms with Gasteiger partial charge in [-0.25, -0.2) is 13.2 Å². The summed E-state index contributed by atoms with van der Waals surface area (Å²) in [4.78, 5) is 12.3.